The molecule has 3 rings (SSSR count). The van der Waals surface area contributed by atoms with E-state index in [1.165, 1.54) is 5.56 Å². The molecular formula is C18H14O2. The van der Waals surface area contributed by atoms with E-state index < -0.39 is 0 Å². The Labute approximate surface area is 117 Å². The molecule has 0 radical (unpaired) electrons. The molecule has 2 nitrogen and oxygen atoms in total. The third-order valence-electron chi connectivity index (χ3n) is 3.14. The first kappa shape index (κ1) is 12.4. The Balaban J connectivity index is 1.85. The van der Waals surface area contributed by atoms with Crippen LogP contribution in [-0.4, -0.2) is 5.78 Å². The van der Waals surface area contributed by atoms with Crippen molar-refractivity contribution in [1.29, 1.82) is 0 Å². The lowest BCUT2D eigenvalue weighted by Crippen LogP contribution is -1.90. The third-order valence-corrected chi connectivity index (χ3v) is 3.14. The molecule has 0 amide bonds. The highest BCUT2D eigenvalue weighted by Gasteiger charge is 2.08. The normalized spacial score (nSPS) is 11.2. The lowest BCUT2D eigenvalue weighted by Gasteiger charge is -1.94. The van der Waals surface area contributed by atoms with Crippen LogP contribution in [0.25, 0.3) is 17.0 Å². The van der Waals surface area contributed by atoms with Crippen LogP contribution >= 0.6 is 0 Å². The predicted octanol–water partition coefficient (Wildman–Crippen LogP) is 4.64. The summed E-state index contributed by atoms with van der Waals surface area (Å²) in [5.41, 5.74) is 2.91. The number of aryl methyl sites for hydroxylation is 1. The Kier molecular flexibility index (Phi) is 3.21. The summed E-state index contributed by atoms with van der Waals surface area (Å²) in [6, 6.07) is 17.4. The van der Waals surface area contributed by atoms with E-state index in [2.05, 4.69) is 0 Å². The van der Waals surface area contributed by atoms with E-state index in [9.17, 15) is 4.79 Å². The first-order chi connectivity index (χ1) is 9.72. The van der Waals surface area contributed by atoms with Crippen molar-refractivity contribution >= 4 is 22.8 Å². The van der Waals surface area contributed by atoms with Crippen molar-refractivity contribution in [3.63, 3.8) is 0 Å². The van der Waals surface area contributed by atoms with Crippen LogP contribution in [0.4, 0.5) is 0 Å². The molecule has 20 heavy (non-hydrogen) atoms. The van der Waals surface area contributed by atoms with Crippen molar-refractivity contribution in [2.75, 3.05) is 0 Å². The quantitative estimate of drug-likeness (QED) is 0.508. The largest absolute Gasteiger partial charge is 0.453 e. The molecule has 0 spiro atoms. The van der Waals surface area contributed by atoms with Crippen LogP contribution in [-0.2, 0) is 0 Å². The standard InChI is InChI=1S/C18H14O2/c1-13-5-4-6-14(11-13)9-10-16(19)18-12-15-7-2-3-8-17(15)20-18/h2-12H,1H3/b10-9+. The minimum absolute atomic E-state index is 0.122. The summed E-state index contributed by atoms with van der Waals surface area (Å²) in [6.45, 7) is 2.03. The van der Waals surface area contributed by atoms with Crippen molar-refractivity contribution in [3.05, 3.63) is 77.6 Å². The topological polar surface area (TPSA) is 30.2 Å². The second kappa shape index (κ2) is 5.17. The molecule has 0 aliphatic heterocycles. The molecule has 0 saturated carbocycles. The summed E-state index contributed by atoms with van der Waals surface area (Å²) in [4.78, 5) is 12.1. The summed E-state index contributed by atoms with van der Waals surface area (Å²) < 4.78 is 5.54. The summed E-state index contributed by atoms with van der Waals surface area (Å²) in [5, 5.41) is 0.944. The summed E-state index contributed by atoms with van der Waals surface area (Å²) in [6.07, 6.45) is 3.36. The van der Waals surface area contributed by atoms with Gasteiger partial charge in [-0.05, 0) is 30.7 Å². The molecule has 0 aliphatic carbocycles. The maximum Gasteiger partial charge on any atom is 0.221 e. The zero-order valence-corrected chi connectivity index (χ0v) is 11.2. The van der Waals surface area contributed by atoms with Gasteiger partial charge in [0, 0.05) is 5.39 Å². The minimum Gasteiger partial charge on any atom is -0.453 e. The molecule has 2 heteroatoms. The van der Waals surface area contributed by atoms with Crippen molar-refractivity contribution in [2.45, 2.75) is 6.92 Å². The number of rotatable bonds is 3. The van der Waals surface area contributed by atoms with E-state index in [1.807, 2.05) is 61.5 Å². The Morgan fingerprint density at radius 2 is 1.90 bits per heavy atom. The molecule has 0 N–H and O–H groups in total. The van der Waals surface area contributed by atoms with Crippen LogP contribution in [0.1, 0.15) is 21.7 Å². The van der Waals surface area contributed by atoms with E-state index in [-0.39, 0.29) is 5.78 Å². The van der Waals surface area contributed by atoms with Crippen molar-refractivity contribution < 1.29 is 9.21 Å². The van der Waals surface area contributed by atoms with Gasteiger partial charge in [0.1, 0.15) is 5.58 Å². The van der Waals surface area contributed by atoms with Gasteiger partial charge in [0.05, 0.1) is 0 Å². The second-order valence-corrected chi connectivity index (χ2v) is 4.76. The first-order valence-corrected chi connectivity index (χ1v) is 6.50. The molecule has 2 aromatic carbocycles. The molecule has 0 aliphatic rings. The van der Waals surface area contributed by atoms with Gasteiger partial charge in [-0.2, -0.15) is 0 Å². The molecule has 98 valence electrons. The minimum atomic E-state index is -0.122. The summed E-state index contributed by atoms with van der Waals surface area (Å²) >= 11 is 0. The average molecular weight is 262 g/mol. The lowest BCUT2D eigenvalue weighted by atomic mass is 10.1. The van der Waals surface area contributed by atoms with Gasteiger partial charge < -0.3 is 4.42 Å². The van der Waals surface area contributed by atoms with E-state index in [0.717, 1.165) is 16.5 Å². The molecular weight excluding hydrogens is 248 g/mol. The van der Waals surface area contributed by atoms with Gasteiger partial charge in [0.15, 0.2) is 5.76 Å². The molecule has 1 aromatic heterocycles. The zero-order valence-electron chi connectivity index (χ0n) is 11.2. The van der Waals surface area contributed by atoms with Crippen LogP contribution < -0.4 is 0 Å². The SMILES string of the molecule is Cc1cccc(/C=C/C(=O)c2cc3ccccc3o2)c1. The van der Waals surface area contributed by atoms with Crippen LogP contribution in [0.2, 0.25) is 0 Å². The van der Waals surface area contributed by atoms with Gasteiger partial charge in [0.2, 0.25) is 5.78 Å². The predicted molar refractivity (Wildman–Crippen MR) is 80.8 cm³/mol. The molecule has 1 heterocycles. The number of carbonyl (C=O) groups is 1. The monoisotopic (exact) mass is 262 g/mol. The Bertz CT molecular complexity index is 761. The smallest absolute Gasteiger partial charge is 0.221 e. The number of para-hydroxylation sites is 1. The van der Waals surface area contributed by atoms with Crippen LogP contribution in [0, 0.1) is 6.92 Å². The van der Waals surface area contributed by atoms with Gasteiger partial charge in [-0.15, -0.1) is 0 Å². The van der Waals surface area contributed by atoms with Crippen LogP contribution in [0.5, 0.6) is 0 Å². The maximum absolute atomic E-state index is 12.1. The second-order valence-electron chi connectivity index (χ2n) is 4.76. The first-order valence-electron chi connectivity index (χ1n) is 6.50. The number of hydrogen-bond acceptors (Lipinski definition) is 2. The highest BCUT2D eigenvalue weighted by atomic mass is 16.3. The summed E-state index contributed by atoms with van der Waals surface area (Å²) in [5.74, 6) is 0.248. The number of ketones is 1. The number of allylic oxidation sites excluding steroid dienone is 1. The lowest BCUT2D eigenvalue weighted by molar-refractivity contribution is 0.102. The number of hydrogen-bond donors (Lipinski definition) is 0. The maximum atomic E-state index is 12.1. The zero-order chi connectivity index (χ0) is 13.9. The van der Waals surface area contributed by atoms with Gasteiger partial charge in [0.25, 0.3) is 0 Å². The summed E-state index contributed by atoms with van der Waals surface area (Å²) in [7, 11) is 0. The Hall–Kier alpha value is -2.61. The third kappa shape index (κ3) is 2.54. The number of furan rings is 1. The fourth-order valence-electron chi connectivity index (χ4n) is 2.13. The van der Waals surface area contributed by atoms with Gasteiger partial charge >= 0.3 is 0 Å². The van der Waals surface area contributed by atoms with Crippen molar-refractivity contribution in [1.82, 2.24) is 0 Å². The van der Waals surface area contributed by atoms with Crippen molar-refractivity contribution in [3.8, 4) is 0 Å². The molecule has 0 atom stereocenters. The van der Waals surface area contributed by atoms with E-state index in [4.69, 9.17) is 4.42 Å². The number of carbonyl (C=O) groups excluding carboxylic acids is 1. The average Bonchev–Trinajstić information content (AvgIpc) is 2.89. The fourth-order valence-corrected chi connectivity index (χ4v) is 2.13. The molecule has 3 aromatic rings. The van der Waals surface area contributed by atoms with Crippen molar-refractivity contribution in [2.24, 2.45) is 0 Å². The molecule has 0 bridgehead atoms. The highest BCUT2D eigenvalue weighted by molar-refractivity contribution is 6.06. The Morgan fingerprint density at radius 1 is 1.05 bits per heavy atom. The van der Waals surface area contributed by atoms with Crippen LogP contribution in [0.15, 0.2) is 65.1 Å². The molecule has 0 unspecified atom stereocenters. The van der Waals surface area contributed by atoms with Gasteiger partial charge in [-0.25, -0.2) is 0 Å². The highest BCUT2D eigenvalue weighted by Crippen LogP contribution is 2.19. The van der Waals surface area contributed by atoms with E-state index in [0.29, 0.717) is 5.76 Å². The number of benzene rings is 2. The van der Waals surface area contributed by atoms with E-state index >= 15 is 0 Å². The van der Waals surface area contributed by atoms with Crippen LogP contribution in [0.3, 0.4) is 0 Å². The molecule has 0 saturated heterocycles. The van der Waals surface area contributed by atoms with Gasteiger partial charge in [-0.3, -0.25) is 4.79 Å². The van der Waals surface area contributed by atoms with E-state index in [1.54, 1.807) is 12.1 Å². The Morgan fingerprint density at radius 3 is 2.70 bits per heavy atom. The van der Waals surface area contributed by atoms with Gasteiger partial charge in [-0.1, -0.05) is 54.1 Å². The number of fused-ring (bicyclic) bond motifs is 1. The fraction of sp³-hybridized carbons (Fsp3) is 0.0556. The molecule has 0 fully saturated rings.